The van der Waals surface area contributed by atoms with Crippen molar-refractivity contribution >= 4 is 28.7 Å². The van der Waals surface area contributed by atoms with Crippen LogP contribution in [0.25, 0.3) is 0 Å². The average Bonchev–Trinajstić information content (AvgIpc) is 2.24. The van der Waals surface area contributed by atoms with Gasteiger partial charge in [0.1, 0.15) is 6.04 Å². The third-order valence-electron chi connectivity index (χ3n) is 2.22. The Kier molecular flexibility index (Phi) is 7.73. The summed E-state index contributed by atoms with van der Waals surface area (Å²) in [5.41, 5.74) is 4.88. The van der Waals surface area contributed by atoms with E-state index < -0.39 is 41.2 Å². The molecule has 0 heterocycles. The van der Waals surface area contributed by atoms with Crippen molar-refractivity contribution in [3.05, 3.63) is 0 Å². The minimum absolute atomic E-state index is 0.257. The molecule has 0 saturated carbocycles. The molecule has 19 heavy (non-hydrogen) atoms. The Morgan fingerprint density at radius 2 is 1.89 bits per heavy atom. The minimum atomic E-state index is -1.36. The van der Waals surface area contributed by atoms with Gasteiger partial charge in [-0.25, -0.2) is 9.59 Å². The summed E-state index contributed by atoms with van der Waals surface area (Å²) in [7, 11) is -0.954. The summed E-state index contributed by atoms with van der Waals surface area (Å²) in [6.07, 6.45) is 1.58. The second-order valence-corrected chi connectivity index (χ2v) is 5.70. The number of carbonyl (C=O) groups excluding carboxylic acids is 2. The van der Waals surface area contributed by atoms with E-state index in [1.165, 1.54) is 0 Å². The maximum atomic E-state index is 11.5. The van der Waals surface area contributed by atoms with Crippen molar-refractivity contribution in [1.29, 1.82) is 0 Å². The zero-order chi connectivity index (χ0) is 15.0. The molecule has 0 aliphatic heterocycles. The number of urea groups is 1. The Morgan fingerprint density at radius 1 is 1.32 bits per heavy atom. The number of amides is 3. The first-order valence-electron chi connectivity index (χ1n) is 5.60. The zero-order valence-corrected chi connectivity index (χ0v) is 11.7. The maximum absolute atomic E-state index is 11.5. The molecule has 0 saturated heterocycles. The Hall–Kier alpha value is -1.64. The van der Waals surface area contributed by atoms with Gasteiger partial charge < -0.3 is 21.5 Å². The van der Waals surface area contributed by atoms with Crippen molar-refractivity contribution in [2.24, 2.45) is 5.73 Å². The number of carboxylic acid groups (broad SMARTS) is 1. The number of aliphatic carboxylic acids is 1. The molecule has 0 aromatic carbocycles. The lowest BCUT2D eigenvalue weighted by Gasteiger charge is -2.17. The zero-order valence-electron chi connectivity index (χ0n) is 10.8. The lowest BCUT2D eigenvalue weighted by Crippen LogP contribution is -2.49. The van der Waals surface area contributed by atoms with Crippen LogP contribution in [0.4, 0.5) is 4.79 Å². The van der Waals surface area contributed by atoms with E-state index in [-0.39, 0.29) is 6.04 Å². The van der Waals surface area contributed by atoms with Crippen molar-refractivity contribution in [3.63, 3.8) is 0 Å². The Bertz CT molecular complexity index is 374. The fourth-order valence-electron chi connectivity index (χ4n) is 1.24. The van der Waals surface area contributed by atoms with Crippen LogP contribution in [-0.2, 0) is 20.4 Å². The Morgan fingerprint density at radius 3 is 2.32 bits per heavy atom. The van der Waals surface area contributed by atoms with E-state index in [4.69, 9.17) is 10.8 Å². The highest BCUT2D eigenvalue weighted by molar-refractivity contribution is 7.84. The van der Waals surface area contributed by atoms with Crippen molar-refractivity contribution in [2.75, 3.05) is 12.0 Å². The topological polar surface area (TPSA) is 139 Å². The van der Waals surface area contributed by atoms with Gasteiger partial charge in [-0.3, -0.25) is 9.00 Å². The Labute approximate surface area is 113 Å². The molecule has 0 radical (unpaired) electrons. The standard InChI is InChI=1S/C10H19N3O5S/c1-6(3-4-19(2)18)12-10(17)13-7(9(15)16)5-8(11)14/h6-7H,3-5H2,1-2H3,(H2,11,14)(H,15,16)(H2,12,13,17)/t6?,7-,19?/m1/s1. The van der Waals surface area contributed by atoms with Gasteiger partial charge in [-0.05, 0) is 13.3 Å². The molecule has 3 amide bonds. The van der Waals surface area contributed by atoms with Crippen LogP contribution in [0.15, 0.2) is 0 Å². The minimum Gasteiger partial charge on any atom is -0.480 e. The number of rotatable bonds is 8. The van der Waals surface area contributed by atoms with Crippen LogP contribution in [0.2, 0.25) is 0 Å². The predicted octanol–water partition coefficient (Wildman–Crippen LogP) is -1.23. The van der Waals surface area contributed by atoms with Crippen LogP contribution >= 0.6 is 0 Å². The molecule has 0 aliphatic carbocycles. The van der Waals surface area contributed by atoms with Gasteiger partial charge in [0.15, 0.2) is 0 Å². The van der Waals surface area contributed by atoms with E-state index in [2.05, 4.69) is 10.6 Å². The average molecular weight is 293 g/mol. The summed E-state index contributed by atoms with van der Waals surface area (Å²) < 4.78 is 10.9. The van der Waals surface area contributed by atoms with Crippen LogP contribution in [-0.4, -0.2) is 51.3 Å². The van der Waals surface area contributed by atoms with Crippen LogP contribution < -0.4 is 16.4 Å². The molecular formula is C10H19N3O5S. The molecular weight excluding hydrogens is 274 g/mol. The highest BCUT2D eigenvalue weighted by Gasteiger charge is 2.22. The summed E-state index contributed by atoms with van der Waals surface area (Å²) in [4.78, 5) is 32.9. The Balaban J connectivity index is 4.22. The normalized spacial score (nSPS) is 15.1. The van der Waals surface area contributed by atoms with Crippen LogP contribution in [0.1, 0.15) is 19.8 Å². The number of nitrogens with two attached hydrogens (primary N) is 1. The van der Waals surface area contributed by atoms with Crippen molar-refractivity contribution in [2.45, 2.75) is 31.8 Å². The summed E-state index contributed by atoms with van der Waals surface area (Å²) in [5, 5.41) is 13.4. The molecule has 3 atom stereocenters. The van der Waals surface area contributed by atoms with Gasteiger partial charge in [-0.15, -0.1) is 0 Å². The van der Waals surface area contributed by atoms with E-state index in [1.807, 2.05) is 0 Å². The molecule has 0 bridgehead atoms. The molecule has 8 nitrogen and oxygen atoms in total. The van der Waals surface area contributed by atoms with Crippen molar-refractivity contribution < 1.29 is 23.7 Å². The first-order valence-corrected chi connectivity index (χ1v) is 7.33. The maximum Gasteiger partial charge on any atom is 0.326 e. The molecule has 0 rings (SSSR count). The van der Waals surface area contributed by atoms with Crippen LogP contribution in [0, 0.1) is 0 Å². The monoisotopic (exact) mass is 293 g/mol. The number of nitrogens with one attached hydrogen (secondary N) is 2. The second-order valence-electron chi connectivity index (χ2n) is 4.15. The second kappa shape index (κ2) is 8.46. The SMILES string of the molecule is CC(CCS(C)=O)NC(=O)N[C@H](CC(N)=O)C(=O)O. The molecule has 110 valence electrons. The van der Waals surface area contributed by atoms with Gasteiger partial charge in [0.25, 0.3) is 0 Å². The number of primary amides is 1. The molecule has 5 N–H and O–H groups in total. The number of carboxylic acids is 1. The molecule has 0 aliphatic rings. The van der Waals surface area contributed by atoms with Crippen molar-refractivity contribution in [3.8, 4) is 0 Å². The summed E-state index contributed by atoms with van der Waals surface area (Å²) in [6.45, 7) is 1.70. The summed E-state index contributed by atoms with van der Waals surface area (Å²) >= 11 is 0. The predicted molar refractivity (Wildman–Crippen MR) is 69.9 cm³/mol. The van der Waals surface area contributed by atoms with E-state index in [0.717, 1.165) is 0 Å². The van der Waals surface area contributed by atoms with Crippen LogP contribution in [0.5, 0.6) is 0 Å². The molecule has 0 aromatic rings. The number of hydrogen-bond acceptors (Lipinski definition) is 4. The van der Waals surface area contributed by atoms with Gasteiger partial charge in [-0.1, -0.05) is 0 Å². The third-order valence-corrected chi connectivity index (χ3v) is 3.04. The van der Waals surface area contributed by atoms with Gasteiger partial charge >= 0.3 is 12.0 Å². The molecule has 0 spiro atoms. The highest BCUT2D eigenvalue weighted by atomic mass is 32.2. The van der Waals surface area contributed by atoms with Gasteiger partial charge in [0, 0.05) is 28.9 Å². The van der Waals surface area contributed by atoms with Crippen molar-refractivity contribution in [1.82, 2.24) is 10.6 Å². The first-order chi connectivity index (χ1) is 8.72. The largest absolute Gasteiger partial charge is 0.480 e. The summed E-state index contributed by atoms with van der Waals surface area (Å²) in [6, 6.07) is -2.32. The quantitative estimate of drug-likeness (QED) is 0.444. The summed E-state index contributed by atoms with van der Waals surface area (Å²) in [5.74, 6) is -1.72. The lowest BCUT2D eigenvalue weighted by atomic mass is 10.2. The van der Waals surface area contributed by atoms with Gasteiger partial charge in [-0.2, -0.15) is 0 Å². The lowest BCUT2D eigenvalue weighted by molar-refractivity contribution is -0.140. The van der Waals surface area contributed by atoms with E-state index >= 15 is 0 Å². The van der Waals surface area contributed by atoms with E-state index in [1.54, 1.807) is 13.2 Å². The highest BCUT2D eigenvalue weighted by Crippen LogP contribution is 1.95. The van der Waals surface area contributed by atoms with Crippen LogP contribution in [0.3, 0.4) is 0 Å². The molecule has 2 unspecified atom stereocenters. The molecule has 0 aromatic heterocycles. The fourth-order valence-corrected chi connectivity index (χ4v) is 1.93. The van der Waals surface area contributed by atoms with Gasteiger partial charge in [0.05, 0.1) is 6.42 Å². The molecule has 9 heteroatoms. The molecule has 0 fully saturated rings. The third kappa shape index (κ3) is 9.00. The number of carbonyl (C=O) groups is 3. The first kappa shape index (κ1) is 17.4. The van der Waals surface area contributed by atoms with Gasteiger partial charge in [0.2, 0.25) is 5.91 Å². The van der Waals surface area contributed by atoms with E-state index in [9.17, 15) is 18.6 Å². The number of hydrogen-bond donors (Lipinski definition) is 4. The fraction of sp³-hybridized carbons (Fsp3) is 0.700. The van der Waals surface area contributed by atoms with E-state index in [0.29, 0.717) is 12.2 Å². The smallest absolute Gasteiger partial charge is 0.326 e.